The average Bonchev–Trinajstić information content (AvgIpc) is 3.05. The maximum atomic E-state index is 12.8. The zero-order valence-corrected chi connectivity index (χ0v) is 14.0. The van der Waals surface area contributed by atoms with E-state index >= 15 is 0 Å². The highest BCUT2D eigenvalue weighted by molar-refractivity contribution is 5.97. The number of nitrogens with one attached hydrogen (secondary N) is 2. The van der Waals surface area contributed by atoms with Gasteiger partial charge in [0.05, 0.1) is 41.6 Å². The van der Waals surface area contributed by atoms with E-state index in [0.717, 1.165) is 5.69 Å². The molecular formula is C17H17N5O4. The van der Waals surface area contributed by atoms with Crippen molar-refractivity contribution in [2.45, 2.75) is 26.1 Å². The van der Waals surface area contributed by atoms with Gasteiger partial charge in [-0.05, 0) is 31.2 Å². The molecule has 4 rings (SSSR count). The monoisotopic (exact) mass is 355 g/mol. The van der Waals surface area contributed by atoms with Crippen LogP contribution in [0.2, 0.25) is 0 Å². The van der Waals surface area contributed by atoms with E-state index < -0.39 is 17.2 Å². The third-order valence-electron chi connectivity index (χ3n) is 4.50. The molecule has 9 nitrogen and oxygen atoms in total. The summed E-state index contributed by atoms with van der Waals surface area (Å²) >= 11 is 0. The molecule has 134 valence electrons. The summed E-state index contributed by atoms with van der Waals surface area (Å²) in [4.78, 5) is 42.3. The maximum Gasteiger partial charge on any atom is 0.314 e. The van der Waals surface area contributed by atoms with Crippen LogP contribution < -0.4 is 11.1 Å². The van der Waals surface area contributed by atoms with Gasteiger partial charge >= 0.3 is 11.1 Å². The lowest BCUT2D eigenvalue weighted by Gasteiger charge is -2.27. The van der Waals surface area contributed by atoms with Gasteiger partial charge in [-0.2, -0.15) is 5.10 Å². The summed E-state index contributed by atoms with van der Waals surface area (Å²) in [6.07, 6.45) is -0.656. The van der Waals surface area contributed by atoms with E-state index in [0.29, 0.717) is 41.9 Å². The summed E-state index contributed by atoms with van der Waals surface area (Å²) in [6.45, 7) is 3.08. The van der Waals surface area contributed by atoms with Crippen molar-refractivity contribution < 1.29 is 9.90 Å². The van der Waals surface area contributed by atoms with Crippen LogP contribution in [0.1, 0.15) is 34.8 Å². The van der Waals surface area contributed by atoms with Gasteiger partial charge < -0.3 is 20.0 Å². The molecule has 0 saturated carbocycles. The lowest BCUT2D eigenvalue weighted by molar-refractivity contribution is 0.0706. The molecule has 9 heteroatoms. The number of carbonyl (C=O) groups is 1. The number of H-pyrrole nitrogens is 2. The topological polar surface area (TPSA) is 124 Å². The molecule has 0 fully saturated rings. The quantitative estimate of drug-likeness (QED) is 0.563. The molecule has 3 heterocycles. The summed E-state index contributed by atoms with van der Waals surface area (Å²) in [7, 11) is 0. The Kier molecular flexibility index (Phi) is 3.73. The number of rotatable bonds is 2. The van der Waals surface area contributed by atoms with Gasteiger partial charge in [-0.25, -0.2) is 0 Å². The summed E-state index contributed by atoms with van der Waals surface area (Å²) < 4.78 is 1.80. The van der Waals surface area contributed by atoms with Crippen LogP contribution in [0.3, 0.4) is 0 Å². The first-order valence-corrected chi connectivity index (χ1v) is 8.23. The van der Waals surface area contributed by atoms with Crippen LogP contribution in [0.25, 0.3) is 11.0 Å². The van der Waals surface area contributed by atoms with E-state index in [9.17, 15) is 19.5 Å². The van der Waals surface area contributed by atoms with Gasteiger partial charge in [-0.3, -0.25) is 19.1 Å². The Balaban J connectivity index is 1.63. The molecule has 1 aliphatic rings. The normalized spacial score (nSPS) is 15.1. The Hall–Kier alpha value is -3.20. The van der Waals surface area contributed by atoms with Crippen LogP contribution in [0, 0.1) is 0 Å². The minimum Gasteiger partial charge on any atom is -0.387 e. The van der Waals surface area contributed by atoms with Crippen molar-refractivity contribution in [2.24, 2.45) is 0 Å². The summed E-state index contributed by atoms with van der Waals surface area (Å²) in [5, 5.41) is 14.0. The van der Waals surface area contributed by atoms with Crippen LogP contribution in [-0.2, 0) is 13.1 Å². The number of benzene rings is 1. The molecule has 26 heavy (non-hydrogen) atoms. The van der Waals surface area contributed by atoms with Gasteiger partial charge in [0.25, 0.3) is 5.91 Å². The lowest BCUT2D eigenvalue weighted by Crippen LogP contribution is -2.38. The molecule has 1 atom stereocenters. The van der Waals surface area contributed by atoms with E-state index in [-0.39, 0.29) is 5.91 Å². The Bertz CT molecular complexity index is 1120. The zero-order chi connectivity index (χ0) is 18.4. The number of nitrogens with zero attached hydrogens (tertiary/aromatic N) is 3. The molecule has 0 bridgehead atoms. The van der Waals surface area contributed by atoms with Crippen LogP contribution in [0.15, 0.2) is 33.9 Å². The van der Waals surface area contributed by atoms with Crippen LogP contribution in [0.5, 0.6) is 0 Å². The second-order valence-corrected chi connectivity index (χ2v) is 6.35. The van der Waals surface area contributed by atoms with Crippen molar-refractivity contribution in [1.29, 1.82) is 0 Å². The predicted molar refractivity (Wildman–Crippen MR) is 92.8 cm³/mol. The summed E-state index contributed by atoms with van der Waals surface area (Å²) in [5.74, 6) is -0.176. The Morgan fingerprint density at radius 3 is 2.62 bits per heavy atom. The van der Waals surface area contributed by atoms with E-state index in [2.05, 4.69) is 15.1 Å². The molecule has 3 aromatic rings. The van der Waals surface area contributed by atoms with Gasteiger partial charge in [0, 0.05) is 12.1 Å². The minimum atomic E-state index is -0.755. The smallest absolute Gasteiger partial charge is 0.314 e. The third kappa shape index (κ3) is 2.72. The largest absolute Gasteiger partial charge is 0.387 e. The second kappa shape index (κ2) is 5.95. The van der Waals surface area contributed by atoms with Crippen molar-refractivity contribution in [3.8, 4) is 0 Å². The Labute approximate surface area is 146 Å². The van der Waals surface area contributed by atoms with E-state index in [4.69, 9.17) is 0 Å². The molecule has 2 aromatic heterocycles. The number of aliphatic hydroxyl groups is 1. The van der Waals surface area contributed by atoms with Crippen LogP contribution in [-0.4, -0.2) is 42.2 Å². The van der Waals surface area contributed by atoms with Gasteiger partial charge in [0.1, 0.15) is 0 Å². The highest BCUT2D eigenvalue weighted by Gasteiger charge is 2.24. The number of amides is 1. The molecule has 0 aliphatic carbocycles. The molecule has 0 spiro atoms. The average molecular weight is 355 g/mol. The third-order valence-corrected chi connectivity index (χ3v) is 4.50. The van der Waals surface area contributed by atoms with Crippen molar-refractivity contribution >= 4 is 16.9 Å². The summed E-state index contributed by atoms with van der Waals surface area (Å²) in [6, 6.07) is 6.57. The van der Waals surface area contributed by atoms with Gasteiger partial charge in [0.15, 0.2) is 0 Å². The number of fused-ring (bicyclic) bond motifs is 2. The lowest BCUT2D eigenvalue weighted by atomic mass is 10.1. The summed E-state index contributed by atoms with van der Waals surface area (Å²) in [5.41, 5.74) is 1.25. The maximum absolute atomic E-state index is 12.8. The van der Waals surface area contributed by atoms with Gasteiger partial charge in [0.2, 0.25) is 0 Å². The molecule has 0 saturated heterocycles. The number of carbonyl (C=O) groups excluding carboxylic acids is 1. The fraction of sp³-hybridized carbons (Fsp3) is 0.294. The SMILES string of the molecule is C[C@@H](O)c1cc2n(n1)CCN(C(=O)c1ccc3[nH]c(=O)c(=O)[nH]c3c1)C2. The van der Waals surface area contributed by atoms with E-state index in [1.54, 1.807) is 40.8 Å². The number of aliphatic hydroxyl groups excluding tert-OH is 1. The molecular weight excluding hydrogens is 338 g/mol. The molecule has 1 aliphatic heterocycles. The van der Waals surface area contributed by atoms with Crippen LogP contribution in [0.4, 0.5) is 0 Å². The Morgan fingerprint density at radius 1 is 1.15 bits per heavy atom. The first-order chi connectivity index (χ1) is 12.4. The molecule has 0 radical (unpaired) electrons. The number of hydrogen-bond acceptors (Lipinski definition) is 5. The van der Waals surface area contributed by atoms with Crippen molar-refractivity contribution in [3.63, 3.8) is 0 Å². The van der Waals surface area contributed by atoms with E-state index in [1.165, 1.54) is 0 Å². The van der Waals surface area contributed by atoms with Gasteiger partial charge in [-0.15, -0.1) is 0 Å². The molecule has 3 N–H and O–H groups in total. The Morgan fingerprint density at radius 2 is 1.88 bits per heavy atom. The minimum absolute atomic E-state index is 0.176. The standard InChI is InChI=1S/C17H17N5O4/c1-9(23)13-7-11-8-21(4-5-22(11)20-13)17(26)10-2-3-12-14(6-10)19-16(25)15(24)18-12/h2-3,6-7,9,23H,4-5,8H2,1H3,(H,18,24)(H,19,25)/t9-/m1/s1. The number of hydrogen-bond donors (Lipinski definition) is 3. The second-order valence-electron chi connectivity index (χ2n) is 6.35. The van der Waals surface area contributed by atoms with Crippen LogP contribution >= 0.6 is 0 Å². The fourth-order valence-corrected chi connectivity index (χ4v) is 3.10. The van der Waals surface area contributed by atoms with E-state index in [1.807, 2.05) is 0 Å². The highest BCUT2D eigenvalue weighted by Crippen LogP contribution is 2.20. The highest BCUT2D eigenvalue weighted by atomic mass is 16.3. The van der Waals surface area contributed by atoms with Gasteiger partial charge in [-0.1, -0.05) is 0 Å². The fourth-order valence-electron chi connectivity index (χ4n) is 3.10. The van der Waals surface area contributed by atoms with Crippen molar-refractivity contribution in [2.75, 3.05) is 6.54 Å². The molecule has 1 aromatic carbocycles. The molecule has 0 unspecified atom stereocenters. The molecule has 1 amide bonds. The zero-order valence-electron chi connectivity index (χ0n) is 14.0. The van der Waals surface area contributed by atoms with Crippen molar-refractivity contribution in [1.82, 2.24) is 24.6 Å². The van der Waals surface area contributed by atoms with Crippen molar-refractivity contribution in [3.05, 3.63) is 61.9 Å². The first kappa shape index (κ1) is 16.3. The predicted octanol–water partition coefficient (Wildman–Crippen LogP) is 0.122. The first-order valence-electron chi connectivity index (χ1n) is 8.23. The number of aromatic nitrogens is 4. The number of aromatic amines is 2.